The highest BCUT2D eigenvalue weighted by Crippen LogP contribution is 2.36. The SMILES string of the molecule is O=CNc1cc(SC2CCCCC2)cc([N+](=O)[O-])c1. The van der Waals surface area contributed by atoms with Crippen molar-refractivity contribution in [2.75, 3.05) is 5.32 Å². The number of nitrogens with zero attached hydrogens (tertiary/aromatic N) is 1. The van der Waals surface area contributed by atoms with Crippen LogP contribution in [0.4, 0.5) is 11.4 Å². The van der Waals surface area contributed by atoms with Gasteiger partial charge >= 0.3 is 0 Å². The molecule has 1 aliphatic carbocycles. The third-order valence-electron chi connectivity index (χ3n) is 3.18. The molecule has 1 aromatic rings. The van der Waals surface area contributed by atoms with Gasteiger partial charge in [0.1, 0.15) is 0 Å². The van der Waals surface area contributed by atoms with E-state index in [0.717, 1.165) is 17.7 Å². The molecule has 1 aliphatic rings. The molecular formula is C13H16N2O3S. The van der Waals surface area contributed by atoms with E-state index >= 15 is 0 Å². The maximum absolute atomic E-state index is 10.9. The summed E-state index contributed by atoms with van der Waals surface area (Å²) in [6.07, 6.45) is 6.59. The number of hydrogen-bond donors (Lipinski definition) is 1. The van der Waals surface area contributed by atoms with Crippen molar-refractivity contribution in [3.8, 4) is 0 Å². The summed E-state index contributed by atoms with van der Waals surface area (Å²) in [6, 6.07) is 4.75. The highest BCUT2D eigenvalue weighted by molar-refractivity contribution is 8.00. The fourth-order valence-electron chi connectivity index (χ4n) is 2.28. The van der Waals surface area contributed by atoms with Gasteiger partial charge in [-0.05, 0) is 18.9 Å². The van der Waals surface area contributed by atoms with Crippen molar-refractivity contribution < 1.29 is 9.72 Å². The maximum atomic E-state index is 10.9. The lowest BCUT2D eigenvalue weighted by atomic mass is 10.0. The van der Waals surface area contributed by atoms with Crippen molar-refractivity contribution in [3.63, 3.8) is 0 Å². The number of nitrogens with one attached hydrogen (secondary N) is 1. The number of benzene rings is 1. The van der Waals surface area contributed by atoms with E-state index < -0.39 is 4.92 Å². The lowest BCUT2D eigenvalue weighted by Crippen LogP contribution is -2.07. The van der Waals surface area contributed by atoms with Gasteiger partial charge in [0, 0.05) is 28.0 Å². The van der Waals surface area contributed by atoms with Crippen molar-refractivity contribution in [2.24, 2.45) is 0 Å². The highest BCUT2D eigenvalue weighted by Gasteiger charge is 2.17. The standard InChI is InChI=1S/C13H16N2O3S/c16-9-14-10-6-11(15(17)18)8-13(7-10)19-12-4-2-1-3-5-12/h6-9,12H,1-5H2,(H,14,16). The van der Waals surface area contributed by atoms with E-state index in [1.807, 2.05) is 0 Å². The molecule has 0 aromatic heterocycles. The summed E-state index contributed by atoms with van der Waals surface area (Å²) in [5, 5.41) is 13.9. The number of amides is 1. The van der Waals surface area contributed by atoms with Crippen LogP contribution in [-0.4, -0.2) is 16.6 Å². The lowest BCUT2D eigenvalue weighted by molar-refractivity contribution is -0.385. The smallest absolute Gasteiger partial charge is 0.272 e. The van der Waals surface area contributed by atoms with Gasteiger partial charge in [-0.25, -0.2) is 0 Å². The molecule has 0 bridgehead atoms. The molecule has 6 heteroatoms. The molecule has 0 radical (unpaired) electrons. The molecule has 0 heterocycles. The van der Waals surface area contributed by atoms with E-state index in [-0.39, 0.29) is 5.69 Å². The molecule has 0 atom stereocenters. The molecule has 19 heavy (non-hydrogen) atoms. The van der Waals surface area contributed by atoms with Gasteiger partial charge in [0.2, 0.25) is 6.41 Å². The molecule has 0 spiro atoms. The minimum atomic E-state index is -0.430. The Kier molecular flexibility index (Phi) is 4.79. The second kappa shape index (κ2) is 6.56. The first-order valence-electron chi connectivity index (χ1n) is 6.35. The number of anilines is 1. The molecular weight excluding hydrogens is 264 g/mol. The predicted molar refractivity (Wildman–Crippen MR) is 75.5 cm³/mol. The van der Waals surface area contributed by atoms with Crippen LogP contribution in [0, 0.1) is 10.1 Å². The number of hydrogen-bond acceptors (Lipinski definition) is 4. The first-order chi connectivity index (χ1) is 9.19. The Hall–Kier alpha value is -1.56. The largest absolute Gasteiger partial charge is 0.328 e. The fraction of sp³-hybridized carbons (Fsp3) is 0.462. The van der Waals surface area contributed by atoms with Crippen LogP contribution in [-0.2, 0) is 4.79 Å². The van der Waals surface area contributed by atoms with E-state index in [0.29, 0.717) is 17.3 Å². The fourth-order valence-corrected chi connectivity index (χ4v) is 3.62. The van der Waals surface area contributed by atoms with Crippen LogP contribution >= 0.6 is 11.8 Å². The number of rotatable bonds is 5. The van der Waals surface area contributed by atoms with Gasteiger partial charge in [0.15, 0.2) is 0 Å². The molecule has 1 amide bonds. The molecule has 1 aromatic carbocycles. The summed E-state index contributed by atoms with van der Waals surface area (Å²) >= 11 is 1.68. The van der Waals surface area contributed by atoms with Gasteiger partial charge in [-0.15, -0.1) is 11.8 Å². The molecule has 5 nitrogen and oxygen atoms in total. The normalized spacial score (nSPS) is 16.0. The predicted octanol–water partition coefficient (Wildman–Crippen LogP) is 3.59. The first kappa shape index (κ1) is 13.9. The van der Waals surface area contributed by atoms with Crippen molar-refractivity contribution in [1.29, 1.82) is 0 Å². The summed E-state index contributed by atoms with van der Waals surface area (Å²) in [5.74, 6) is 0. The molecule has 0 saturated heterocycles. The van der Waals surface area contributed by atoms with E-state index in [4.69, 9.17) is 0 Å². The zero-order valence-electron chi connectivity index (χ0n) is 10.5. The third kappa shape index (κ3) is 3.96. The lowest BCUT2D eigenvalue weighted by Gasteiger charge is -2.21. The molecule has 102 valence electrons. The monoisotopic (exact) mass is 280 g/mol. The van der Waals surface area contributed by atoms with E-state index in [2.05, 4.69) is 5.32 Å². The Morgan fingerprint density at radius 3 is 2.63 bits per heavy atom. The Morgan fingerprint density at radius 2 is 2.00 bits per heavy atom. The molecule has 1 N–H and O–H groups in total. The van der Waals surface area contributed by atoms with Gasteiger partial charge in [0.25, 0.3) is 5.69 Å². The molecule has 1 fully saturated rings. The zero-order valence-corrected chi connectivity index (χ0v) is 11.3. The minimum absolute atomic E-state index is 0.0187. The van der Waals surface area contributed by atoms with Crippen LogP contribution in [0.2, 0.25) is 0 Å². The second-order valence-electron chi connectivity index (χ2n) is 4.61. The van der Waals surface area contributed by atoms with Crippen molar-refractivity contribution in [1.82, 2.24) is 0 Å². The van der Waals surface area contributed by atoms with Crippen molar-refractivity contribution in [2.45, 2.75) is 42.2 Å². The Bertz CT molecular complexity index is 473. The summed E-state index contributed by atoms with van der Waals surface area (Å²) in [6.45, 7) is 0. The van der Waals surface area contributed by atoms with Crippen LogP contribution in [0.5, 0.6) is 0 Å². The third-order valence-corrected chi connectivity index (χ3v) is 4.50. The van der Waals surface area contributed by atoms with Gasteiger partial charge in [-0.3, -0.25) is 14.9 Å². The molecule has 1 saturated carbocycles. The van der Waals surface area contributed by atoms with E-state index in [9.17, 15) is 14.9 Å². The number of carbonyl (C=O) groups excluding carboxylic acids is 1. The van der Waals surface area contributed by atoms with Crippen LogP contribution in [0.3, 0.4) is 0 Å². The Labute approximate surface area is 115 Å². The van der Waals surface area contributed by atoms with Gasteiger partial charge in [-0.2, -0.15) is 0 Å². The van der Waals surface area contributed by atoms with Gasteiger partial charge < -0.3 is 5.32 Å². The molecule has 2 rings (SSSR count). The average molecular weight is 280 g/mol. The van der Waals surface area contributed by atoms with Crippen LogP contribution in [0.25, 0.3) is 0 Å². The Balaban J connectivity index is 2.17. The van der Waals surface area contributed by atoms with Gasteiger partial charge in [0.05, 0.1) is 4.92 Å². The topological polar surface area (TPSA) is 72.2 Å². The van der Waals surface area contributed by atoms with Crippen molar-refractivity contribution >= 4 is 29.5 Å². The van der Waals surface area contributed by atoms with Crippen molar-refractivity contribution in [3.05, 3.63) is 28.3 Å². The van der Waals surface area contributed by atoms with E-state index in [1.165, 1.54) is 25.3 Å². The number of thioether (sulfide) groups is 1. The summed E-state index contributed by atoms with van der Waals surface area (Å²) in [5.41, 5.74) is 0.493. The summed E-state index contributed by atoms with van der Waals surface area (Å²) in [7, 11) is 0. The maximum Gasteiger partial charge on any atom is 0.272 e. The second-order valence-corrected chi connectivity index (χ2v) is 5.99. The summed E-state index contributed by atoms with van der Waals surface area (Å²) in [4.78, 5) is 21.8. The zero-order chi connectivity index (χ0) is 13.7. The molecule has 0 aliphatic heterocycles. The van der Waals surface area contributed by atoms with Crippen LogP contribution < -0.4 is 5.32 Å². The summed E-state index contributed by atoms with van der Waals surface area (Å²) < 4.78 is 0. The first-order valence-corrected chi connectivity index (χ1v) is 7.23. The number of non-ortho nitro benzene ring substituents is 1. The number of nitro benzene ring substituents is 1. The van der Waals surface area contributed by atoms with E-state index in [1.54, 1.807) is 23.9 Å². The Morgan fingerprint density at radius 1 is 1.26 bits per heavy atom. The van der Waals surface area contributed by atoms with Gasteiger partial charge in [-0.1, -0.05) is 19.3 Å². The molecule has 0 unspecified atom stereocenters. The average Bonchev–Trinajstić information content (AvgIpc) is 2.40. The number of carbonyl (C=O) groups is 1. The minimum Gasteiger partial charge on any atom is -0.328 e. The quantitative estimate of drug-likeness (QED) is 0.508. The number of nitro groups is 1. The van der Waals surface area contributed by atoms with Crippen LogP contribution in [0.15, 0.2) is 23.1 Å². The van der Waals surface area contributed by atoms with Crippen LogP contribution in [0.1, 0.15) is 32.1 Å². The highest BCUT2D eigenvalue weighted by atomic mass is 32.2.